The Hall–Kier alpha value is -0.610. The summed E-state index contributed by atoms with van der Waals surface area (Å²) in [4.78, 5) is 11.4. The molecule has 0 saturated carbocycles. The maximum absolute atomic E-state index is 11.4. The summed E-state index contributed by atoms with van der Waals surface area (Å²) in [5.74, 6) is -0.191. The molecule has 96 valence electrons. The molecular formula is C12H25NO3. The van der Waals surface area contributed by atoms with Crippen molar-refractivity contribution >= 4 is 5.97 Å². The molecule has 0 aromatic heterocycles. The Balaban J connectivity index is 3.62. The number of aliphatic hydroxyl groups is 1. The molecule has 0 amide bonds. The van der Waals surface area contributed by atoms with Gasteiger partial charge in [0.1, 0.15) is 5.60 Å². The maximum Gasteiger partial charge on any atom is 0.307 e. The van der Waals surface area contributed by atoms with Crippen molar-refractivity contribution in [3.63, 3.8) is 0 Å². The number of hydrogen-bond donors (Lipinski definition) is 2. The summed E-state index contributed by atoms with van der Waals surface area (Å²) in [7, 11) is 0. The molecule has 4 nitrogen and oxygen atoms in total. The van der Waals surface area contributed by atoms with Crippen LogP contribution in [0, 0.1) is 0 Å². The normalized spacial score (nSPS) is 15.6. The third kappa shape index (κ3) is 9.93. The first kappa shape index (κ1) is 15.4. The number of aliphatic hydroxyl groups excluding tert-OH is 1. The van der Waals surface area contributed by atoms with Crippen LogP contribution in [0.5, 0.6) is 0 Å². The van der Waals surface area contributed by atoms with Crippen LogP contribution in [0.1, 0.15) is 47.5 Å². The fourth-order valence-corrected chi connectivity index (χ4v) is 1.41. The number of esters is 1. The first-order valence-corrected chi connectivity index (χ1v) is 5.84. The minimum absolute atomic E-state index is 0.191. The second-order valence-electron chi connectivity index (χ2n) is 5.28. The van der Waals surface area contributed by atoms with Gasteiger partial charge in [-0.05, 0) is 41.0 Å². The number of ether oxygens (including phenoxy) is 1. The highest BCUT2D eigenvalue weighted by Gasteiger charge is 2.16. The highest BCUT2D eigenvalue weighted by Crippen LogP contribution is 2.07. The Morgan fingerprint density at radius 2 is 1.94 bits per heavy atom. The van der Waals surface area contributed by atoms with Crippen LogP contribution in [0.2, 0.25) is 0 Å². The summed E-state index contributed by atoms with van der Waals surface area (Å²) in [6.45, 7) is 9.90. The van der Waals surface area contributed by atoms with Crippen LogP contribution in [0.3, 0.4) is 0 Å². The molecule has 0 fully saturated rings. The molecule has 4 heteroatoms. The second kappa shape index (κ2) is 6.86. The van der Waals surface area contributed by atoms with E-state index in [1.165, 1.54) is 0 Å². The molecule has 0 radical (unpaired) electrons. The van der Waals surface area contributed by atoms with Crippen molar-refractivity contribution in [2.24, 2.45) is 0 Å². The van der Waals surface area contributed by atoms with Crippen molar-refractivity contribution in [1.29, 1.82) is 0 Å². The molecule has 2 atom stereocenters. The van der Waals surface area contributed by atoms with Gasteiger partial charge in [-0.3, -0.25) is 4.79 Å². The van der Waals surface area contributed by atoms with Gasteiger partial charge in [-0.2, -0.15) is 0 Å². The summed E-state index contributed by atoms with van der Waals surface area (Å²) in [5, 5.41) is 12.3. The zero-order valence-corrected chi connectivity index (χ0v) is 11.0. The van der Waals surface area contributed by atoms with Gasteiger partial charge in [-0.15, -0.1) is 0 Å². The Morgan fingerprint density at radius 3 is 2.38 bits per heavy atom. The van der Waals surface area contributed by atoms with Crippen molar-refractivity contribution in [2.75, 3.05) is 6.54 Å². The van der Waals surface area contributed by atoms with Gasteiger partial charge < -0.3 is 15.2 Å². The SMILES string of the molecule is CC(O)CC(C)NCCC(=O)OC(C)(C)C. The first-order valence-electron chi connectivity index (χ1n) is 5.84. The Kier molecular flexibility index (Phi) is 6.60. The maximum atomic E-state index is 11.4. The molecule has 16 heavy (non-hydrogen) atoms. The van der Waals surface area contributed by atoms with Gasteiger partial charge in [-0.25, -0.2) is 0 Å². The van der Waals surface area contributed by atoms with Crippen LogP contribution in [-0.4, -0.2) is 35.4 Å². The lowest BCUT2D eigenvalue weighted by molar-refractivity contribution is -0.154. The van der Waals surface area contributed by atoms with Crippen LogP contribution in [0.15, 0.2) is 0 Å². The number of rotatable bonds is 6. The number of hydrogen-bond acceptors (Lipinski definition) is 4. The van der Waals surface area contributed by atoms with E-state index in [4.69, 9.17) is 9.84 Å². The Bertz CT molecular complexity index is 209. The van der Waals surface area contributed by atoms with Crippen molar-refractivity contribution in [3.8, 4) is 0 Å². The lowest BCUT2D eigenvalue weighted by Crippen LogP contribution is -2.32. The van der Waals surface area contributed by atoms with Gasteiger partial charge in [-0.1, -0.05) is 0 Å². The van der Waals surface area contributed by atoms with Crippen molar-refractivity contribution in [3.05, 3.63) is 0 Å². The van der Waals surface area contributed by atoms with Crippen LogP contribution >= 0.6 is 0 Å². The third-order valence-corrected chi connectivity index (χ3v) is 1.94. The number of carbonyl (C=O) groups is 1. The van der Waals surface area contributed by atoms with E-state index >= 15 is 0 Å². The van der Waals surface area contributed by atoms with E-state index in [1.807, 2.05) is 27.7 Å². The topological polar surface area (TPSA) is 58.6 Å². The first-order chi connectivity index (χ1) is 7.20. The Morgan fingerprint density at radius 1 is 1.38 bits per heavy atom. The van der Waals surface area contributed by atoms with E-state index in [0.717, 1.165) is 0 Å². The molecule has 0 aromatic rings. The lowest BCUT2D eigenvalue weighted by Gasteiger charge is -2.20. The van der Waals surface area contributed by atoms with E-state index in [0.29, 0.717) is 19.4 Å². The standard InChI is InChI=1S/C12H25NO3/c1-9(8-10(2)14)13-7-6-11(15)16-12(3,4)5/h9-10,13-14H,6-8H2,1-5H3. The molecular weight excluding hydrogens is 206 g/mol. The largest absolute Gasteiger partial charge is 0.460 e. The molecule has 0 aliphatic carbocycles. The van der Waals surface area contributed by atoms with Crippen LogP contribution in [-0.2, 0) is 9.53 Å². The molecule has 0 heterocycles. The van der Waals surface area contributed by atoms with Crippen molar-refractivity contribution < 1.29 is 14.6 Å². The zero-order valence-electron chi connectivity index (χ0n) is 11.0. The summed E-state index contributed by atoms with van der Waals surface area (Å²) in [6, 6.07) is 0.211. The average molecular weight is 231 g/mol. The van der Waals surface area contributed by atoms with Gasteiger partial charge in [0.25, 0.3) is 0 Å². The smallest absolute Gasteiger partial charge is 0.307 e. The van der Waals surface area contributed by atoms with Crippen LogP contribution in [0.25, 0.3) is 0 Å². The molecule has 0 aliphatic rings. The van der Waals surface area contributed by atoms with E-state index in [-0.39, 0.29) is 18.1 Å². The summed E-state index contributed by atoms with van der Waals surface area (Å²) < 4.78 is 5.17. The highest BCUT2D eigenvalue weighted by atomic mass is 16.6. The van der Waals surface area contributed by atoms with Crippen molar-refractivity contribution in [2.45, 2.75) is 65.2 Å². The average Bonchev–Trinajstić information content (AvgIpc) is 1.98. The lowest BCUT2D eigenvalue weighted by atomic mass is 10.1. The second-order valence-corrected chi connectivity index (χ2v) is 5.28. The predicted molar refractivity (Wildman–Crippen MR) is 64.2 cm³/mol. The molecule has 0 saturated heterocycles. The molecule has 0 bridgehead atoms. The van der Waals surface area contributed by atoms with Crippen molar-refractivity contribution in [1.82, 2.24) is 5.32 Å². The molecule has 0 aliphatic heterocycles. The van der Waals surface area contributed by atoms with E-state index in [1.54, 1.807) is 6.92 Å². The number of nitrogens with one attached hydrogen (secondary N) is 1. The van der Waals surface area contributed by atoms with Gasteiger partial charge in [0, 0.05) is 12.6 Å². The molecule has 2 unspecified atom stereocenters. The van der Waals surface area contributed by atoms with Gasteiger partial charge in [0.2, 0.25) is 0 Å². The fourth-order valence-electron chi connectivity index (χ4n) is 1.41. The molecule has 0 aromatic carbocycles. The summed E-state index contributed by atoms with van der Waals surface area (Å²) in [6.07, 6.45) is 0.736. The van der Waals surface area contributed by atoms with E-state index in [2.05, 4.69) is 5.32 Å². The molecule has 0 rings (SSSR count). The zero-order chi connectivity index (χ0) is 12.8. The minimum Gasteiger partial charge on any atom is -0.460 e. The highest BCUT2D eigenvalue weighted by molar-refractivity contribution is 5.70. The third-order valence-electron chi connectivity index (χ3n) is 1.94. The van der Waals surface area contributed by atoms with Crippen LogP contribution in [0.4, 0.5) is 0 Å². The molecule has 2 N–H and O–H groups in total. The number of carbonyl (C=O) groups excluding carboxylic acids is 1. The van der Waals surface area contributed by atoms with Gasteiger partial charge in [0.15, 0.2) is 0 Å². The molecule has 0 spiro atoms. The summed E-state index contributed by atoms with van der Waals surface area (Å²) in [5.41, 5.74) is -0.414. The fraction of sp³-hybridized carbons (Fsp3) is 0.917. The summed E-state index contributed by atoms with van der Waals surface area (Å²) >= 11 is 0. The Labute approximate surface area is 98.4 Å². The minimum atomic E-state index is -0.414. The van der Waals surface area contributed by atoms with Gasteiger partial charge in [0.05, 0.1) is 12.5 Å². The van der Waals surface area contributed by atoms with E-state index in [9.17, 15) is 4.79 Å². The predicted octanol–water partition coefficient (Wildman–Crippen LogP) is 1.47. The quantitative estimate of drug-likeness (QED) is 0.680. The van der Waals surface area contributed by atoms with Crippen LogP contribution < -0.4 is 5.32 Å². The van der Waals surface area contributed by atoms with Gasteiger partial charge >= 0.3 is 5.97 Å². The van der Waals surface area contributed by atoms with E-state index < -0.39 is 5.60 Å². The monoisotopic (exact) mass is 231 g/mol.